The minimum atomic E-state index is -0.209. The molecule has 8 heteroatoms. The lowest BCUT2D eigenvalue weighted by molar-refractivity contribution is -0.112. The van der Waals surface area contributed by atoms with Crippen LogP contribution in [-0.2, 0) is 4.79 Å². The van der Waals surface area contributed by atoms with Gasteiger partial charge in [0.05, 0.1) is 17.4 Å². The Bertz CT molecular complexity index is 867. The van der Waals surface area contributed by atoms with E-state index in [2.05, 4.69) is 27.2 Å². The summed E-state index contributed by atoms with van der Waals surface area (Å²) in [6.07, 6.45) is 4.47. The first-order chi connectivity index (χ1) is 13.5. The summed E-state index contributed by atoms with van der Waals surface area (Å²) in [5.74, 6) is 0.245. The summed E-state index contributed by atoms with van der Waals surface area (Å²) in [4.78, 5) is 34.6. The zero-order valence-corrected chi connectivity index (χ0v) is 16.4. The SMILES string of the molecule is C=C(CC)C(=O)Nc1ccc(C(=O)N2CC[C@@H](Nc3ncc(Cl)cn3)C2)cc1. The van der Waals surface area contributed by atoms with Gasteiger partial charge < -0.3 is 15.5 Å². The average Bonchev–Trinajstić information content (AvgIpc) is 3.17. The minimum absolute atomic E-state index is 0.0443. The molecule has 1 fully saturated rings. The predicted molar refractivity (Wildman–Crippen MR) is 109 cm³/mol. The van der Waals surface area contributed by atoms with E-state index in [1.54, 1.807) is 29.2 Å². The third-order valence-corrected chi connectivity index (χ3v) is 4.76. The van der Waals surface area contributed by atoms with Crippen LogP contribution in [0.4, 0.5) is 11.6 Å². The standard InChI is InChI=1S/C20H22ClN5O2/c1-3-13(2)18(27)24-16-6-4-14(5-7-16)19(28)26-9-8-17(12-26)25-20-22-10-15(21)11-23-20/h4-7,10-11,17H,2-3,8-9,12H2,1H3,(H,24,27)(H,22,23,25)/t17-/m1/s1. The molecule has 1 aromatic carbocycles. The highest BCUT2D eigenvalue weighted by molar-refractivity contribution is 6.30. The van der Waals surface area contributed by atoms with Crippen LogP contribution in [-0.4, -0.2) is 45.8 Å². The van der Waals surface area contributed by atoms with E-state index in [9.17, 15) is 9.59 Å². The van der Waals surface area contributed by atoms with Crippen LogP contribution in [0.25, 0.3) is 0 Å². The van der Waals surface area contributed by atoms with Gasteiger partial charge in [0, 0.05) is 36.0 Å². The summed E-state index contributed by atoms with van der Waals surface area (Å²) in [5, 5.41) is 6.47. The number of anilines is 2. The highest BCUT2D eigenvalue weighted by Crippen LogP contribution is 2.18. The van der Waals surface area contributed by atoms with Crippen molar-refractivity contribution in [3.8, 4) is 0 Å². The van der Waals surface area contributed by atoms with Gasteiger partial charge in [0.25, 0.3) is 11.8 Å². The van der Waals surface area contributed by atoms with E-state index in [4.69, 9.17) is 11.6 Å². The Morgan fingerprint density at radius 1 is 1.25 bits per heavy atom. The molecule has 2 N–H and O–H groups in total. The van der Waals surface area contributed by atoms with Crippen molar-refractivity contribution in [3.63, 3.8) is 0 Å². The van der Waals surface area contributed by atoms with Crippen LogP contribution in [0.2, 0.25) is 5.02 Å². The quantitative estimate of drug-likeness (QED) is 0.727. The number of rotatable bonds is 6. The number of hydrogen-bond acceptors (Lipinski definition) is 5. The molecular formula is C20H22ClN5O2. The molecule has 0 unspecified atom stereocenters. The predicted octanol–water partition coefficient (Wildman–Crippen LogP) is 3.36. The summed E-state index contributed by atoms with van der Waals surface area (Å²) < 4.78 is 0. The zero-order valence-electron chi connectivity index (χ0n) is 15.6. The summed E-state index contributed by atoms with van der Waals surface area (Å²) in [5.41, 5.74) is 1.73. The lowest BCUT2D eigenvalue weighted by atomic mass is 10.1. The topological polar surface area (TPSA) is 87.2 Å². The van der Waals surface area contributed by atoms with Crippen LogP contribution >= 0.6 is 11.6 Å². The summed E-state index contributed by atoms with van der Waals surface area (Å²) in [7, 11) is 0. The molecule has 0 aliphatic carbocycles. The van der Waals surface area contributed by atoms with E-state index in [1.165, 1.54) is 12.4 Å². The van der Waals surface area contributed by atoms with E-state index in [-0.39, 0.29) is 17.9 Å². The normalized spacial score (nSPS) is 15.9. The maximum atomic E-state index is 12.7. The number of hydrogen-bond donors (Lipinski definition) is 2. The zero-order chi connectivity index (χ0) is 20.1. The highest BCUT2D eigenvalue weighted by atomic mass is 35.5. The molecule has 0 bridgehead atoms. The number of amides is 2. The van der Waals surface area contributed by atoms with Crippen molar-refractivity contribution < 1.29 is 9.59 Å². The van der Waals surface area contributed by atoms with E-state index >= 15 is 0 Å². The maximum Gasteiger partial charge on any atom is 0.253 e. The second kappa shape index (κ2) is 8.84. The molecule has 146 valence electrons. The van der Waals surface area contributed by atoms with Gasteiger partial charge in [0.15, 0.2) is 0 Å². The molecule has 1 aliphatic rings. The van der Waals surface area contributed by atoms with Gasteiger partial charge >= 0.3 is 0 Å². The molecule has 3 rings (SSSR count). The fourth-order valence-corrected chi connectivity index (χ4v) is 2.99. The van der Waals surface area contributed by atoms with Crippen molar-refractivity contribution in [2.75, 3.05) is 23.7 Å². The smallest absolute Gasteiger partial charge is 0.253 e. The molecular weight excluding hydrogens is 378 g/mol. The second-order valence-corrected chi connectivity index (χ2v) is 7.03. The average molecular weight is 400 g/mol. The van der Waals surface area contributed by atoms with Gasteiger partial charge in [-0.15, -0.1) is 0 Å². The van der Waals surface area contributed by atoms with Crippen LogP contribution in [0.1, 0.15) is 30.1 Å². The highest BCUT2D eigenvalue weighted by Gasteiger charge is 2.27. The lowest BCUT2D eigenvalue weighted by Gasteiger charge is -2.17. The number of nitrogens with zero attached hydrogens (tertiary/aromatic N) is 3. The number of carbonyl (C=O) groups is 2. The fraction of sp³-hybridized carbons (Fsp3) is 0.300. The molecule has 1 aromatic heterocycles. The van der Waals surface area contributed by atoms with Crippen molar-refractivity contribution in [2.24, 2.45) is 0 Å². The molecule has 1 saturated heterocycles. The van der Waals surface area contributed by atoms with Gasteiger partial charge in [-0.3, -0.25) is 9.59 Å². The molecule has 0 spiro atoms. The third-order valence-electron chi connectivity index (χ3n) is 4.57. The Labute approximate surface area is 168 Å². The van der Waals surface area contributed by atoms with Crippen LogP contribution in [0.3, 0.4) is 0 Å². The van der Waals surface area contributed by atoms with Gasteiger partial charge in [-0.05, 0) is 37.1 Å². The van der Waals surface area contributed by atoms with Crippen LogP contribution < -0.4 is 10.6 Å². The van der Waals surface area contributed by atoms with Crippen LogP contribution in [0.15, 0.2) is 48.8 Å². The Morgan fingerprint density at radius 2 is 1.93 bits per heavy atom. The molecule has 1 aliphatic heterocycles. The van der Waals surface area contributed by atoms with Gasteiger partial charge in [-0.1, -0.05) is 25.1 Å². The number of likely N-dealkylation sites (tertiary alicyclic amines) is 1. The number of nitrogens with one attached hydrogen (secondary N) is 2. The largest absolute Gasteiger partial charge is 0.350 e. The van der Waals surface area contributed by atoms with Crippen molar-refractivity contribution in [2.45, 2.75) is 25.8 Å². The molecule has 0 saturated carbocycles. The van der Waals surface area contributed by atoms with Crippen LogP contribution in [0, 0.1) is 0 Å². The fourth-order valence-electron chi connectivity index (χ4n) is 2.89. The van der Waals surface area contributed by atoms with E-state index < -0.39 is 0 Å². The monoisotopic (exact) mass is 399 g/mol. The first-order valence-electron chi connectivity index (χ1n) is 9.09. The van der Waals surface area contributed by atoms with Crippen molar-refractivity contribution in [1.82, 2.24) is 14.9 Å². The molecule has 7 nitrogen and oxygen atoms in total. The van der Waals surface area contributed by atoms with E-state index in [1.807, 2.05) is 6.92 Å². The summed E-state index contributed by atoms with van der Waals surface area (Å²) in [6, 6.07) is 6.97. The molecule has 2 heterocycles. The Hall–Kier alpha value is -2.93. The molecule has 0 radical (unpaired) electrons. The van der Waals surface area contributed by atoms with Gasteiger partial charge in [0.1, 0.15) is 0 Å². The Kier molecular flexibility index (Phi) is 6.26. The number of benzene rings is 1. The first kappa shape index (κ1) is 19.8. The molecule has 1 atom stereocenters. The maximum absolute atomic E-state index is 12.7. The number of carbonyl (C=O) groups excluding carboxylic acids is 2. The number of aromatic nitrogens is 2. The molecule has 28 heavy (non-hydrogen) atoms. The number of halogens is 1. The van der Waals surface area contributed by atoms with Crippen LogP contribution in [0.5, 0.6) is 0 Å². The first-order valence-corrected chi connectivity index (χ1v) is 9.46. The Morgan fingerprint density at radius 3 is 2.57 bits per heavy atom. The van der Waals surface area contributed by atoms with Gasteiger partial charge in [-0.25, -0.2) is 9.97 Å². The molecule has 2 aromatic rings. The second-order valence-electron chi connectivity index (χ2n) is 6.59. The minimum Gasteiger partial charge on any atom is -0.350 e. The van der Waals surface area contributed by atoms with Crippen molar-refractivity contribution in [3.05, 3.63) is 59.4 Å². The molecule has 2 amide bonds. The third kappa shape index (κ3) is 4.86. The summed E-state index contributed by atoms with van der Waals surface area (Å²) in [6.45, 7) is 6.81. The van der Waals surface area contributed by atoms with E-state index in [0.29, 0.717) is 47.3 Å². The lowest BCUT2D eigenvalue weighted by Crippen LogP contribution is -2.31. The van der Waals surface area contributed by atoms with Crippen molar-refractivity contribution >= 4 is 35.1 Å². The Balaban J connectivity index is 1.56. The van der Waals surface area contributed by atoms with E-state index in [0.717, 1.165) is 6.42 Å². The summed E-state index contributed by atoms with van der Waals surface area (Å²) >= 11 is 5.79. The van der Waals surface area contributed by atoms with Gasteiger partial charge in [-0.2, -0.15) is 0 Å². The van der Waals surface area contributed by atoms with Gasteiger partial charge in [0.2, 0.25) is 5.95 Å². The van der Waals surface area contributed by atoms with Crippen molar-refractivity contribution in [1.29, 1.82) is 0 Å².